The number of fused-ring (bicyclic) bond motifs is 2. The lowest BCUT2D eigenvalue weighted by molar-refractivity contribution is 0.159. The topological polar surface area (TPSA) is 83.1 Å². The van der Waals surface area contributed by atoms with Crippen LogP contribution >= 0.6 is 0 Å². The van der Waals surface area contributed by atoms with Crippen molar-refractivity contribution < 1.29 is 9.13 Å². The number of rotatable bonds is 5. The van der Waals surface area contributed by atoms with Crippen molar-refractivity contribution in [2.24, 2.45) is 0 Å². The Hall–Kier alpha value is -3.33. The second-order valence-electron chi connectivity index (χ2n) is 11.0. The summed E-state index contributed by atoms with van der Waals surface area (Å²) in [5, 5.41) is 9.17. The van der Waals surface area contributed by atoms with Gasteiger partial charge in [0.05, 0.1) is 34.9 Å². The third kappa shape index (κ3) is 4.50. The third-order valence-electron chi connectivity index (χ3n) is 8.08. The molecule has 0 aliphatic carbocycles. The molecule has 9 heteroatoms. The molecular weight excluding hydrogens is 469 g/mol. The summed E-state index contributed by atoms with van der Waals surface area (Å²) < 4.78 is 21.2. The summed E-state index contributed by atoms with van der Waals surface area (Å²) in [6.45, 7) is 8.51. The van der Waals surface area contributed by atoms with Gasteiger partial charge >= 0.3 is 6.01 Å². The fraction of sp³-hybridized carbons (Fsp3) is 0.500. The molecule has 2 saturated heterocycles. The van der Waals surface area contributed by atoms with E-state index in [1.807, 2.05) is 23.4 Å². The fourth-order valence-corrected chi connectivity index (χ4v) is 5.83. The zero-order valence-electron chi connectivity index (χ0n) is 22.0. The quantitative estimate of drug-likeness (QED) is 0.411. The molecule has 194 valence electrons. The van der Waals surface area contributed by atoms with Crippen LogP contribution in [0.4, 0.5) is 10.2 Å². The molecule has 2 atom stereocenters. The number of piperidine rings is 1. The van der Waals surface area contributed by atoms with Crippen LogP contribution in [0.15, 0.2) is 24.5 Å². The molecule has 3 aromatic heterocycles. The molecule has 1 N–H and O–H groups in total. The Morgan fingerprint density at radius 3 is 2.78 bits per heavy atom. The molecule has 0 spiro atoms. The minimum absolute atomic E-state index is 0.290. The maximum Gasteiger partial charge on any atom is 0.319 e. The van der Waals surface area contributed by atoms with Crippen LogP contribution in [0.1, 0.15) is 43.7 Å². The largest absolute Gasteiger partial charge is 0.462 e. The van der Waals surface area contributed by atoms with Gasteiger partial charge in [-0.25, -0.2) is 4.39 Å². The van der Waals surface area contributed by atoms with E-state index in [2.05, 4.69) is 42.1 Å². The summed E-state index contributed by atoms with van der Waals surface area (Å²) >= 11 is 0. The molecule has 5 heterocycles. The Morgan fingerprint density at radius 2 is 2.00 bits per heavy atom. The minimum atomic E-state index is -1.26. The Bertz CT molecular complexity index is 1470. The van der Waals surface area contributed by atoms with E-state index in [0.717, 1.165) is 70.1 Å². The molecule has 4 aromatic rings. The van der Waals surface area contributed by atoms with E-state index in [1.54, 1.807) is 6.92 Å². The third-order valence-corrected chi connectivity index (χ3v) is 8.08. The number of halogens is 1. The number of aryl methyl sites for hydroxylation is 1. The van der Waals surface area contributed by atoms with Crippen molar-refractivity contribution in [3.63, 3.8) is 0 Å². The zero-order chi connectivity index (χ0) is 25.7. The summed E-state index contributed by atoms with van der Waals surface area (Å²) in [5.41, 5.74) is 4.63. The van der Waals surface area contributed by atoms with Crippen LogP contribution in [-0.2, 0) is 0 Å². The molecule has 0 bridgehead atoms. The summed E-state index contributed by atoms with van der Waals surface area (Å²) in [7, 11) is 2.13. The molecule has 0 radical (unpaired) electrons. The van der Waals surface area contributed by atoms with Gasteiger partial charge in [0.15, 0.2) is 0 Å². The maximum absolute atomic E-state index is 15.0. The zero-order valence-corrected chi connectivity index (χ0v) is 22.0. The van der Waals surface area contributed by atoms with Gasteiger partial charge in [0, 0.05) is 29.7 Å². The van der Waals surface area contributed by atoms with Crippen molar-refractivity contribution in [2.75, 3.05) is 38.2 Å². The Balaban J connectivity index is 1.46. The van der Waals surface area contributed by atoms with Gasteiger partial charge in [0.25, 0.3) is 0 Å². The lowest BCUT2D eigenvalue weighted by Crippen LogP contribution is -2.44. The second-order valence-corrected chi connectivity index (χ2v) is 11.0. The minimum Gasteiger partial charge on any atom is -0.462 e. The number of hydrogen-bond acceptors (Lipinski definition) is 7. The number of hydrogen-bond donors (Lipinski definition) is 1. The number of ether oxygens (including phenoxy) is 1. The van der Waals surface area contributed by atoms with E-state index < -0.39 is 5.67 Å². The van der Waals surface area contributed by atoms with Crippen molar-refractivity contribution >= 4 is 27.6 Å². The number of pyridine rings is 1. The van der Waals surface area contributed by atoms with Crippen molar-refractivity contribution in [2.45, 2.75) is 58.2 Å². The van der Waals surface area contributed by atoms with Gasteiger partial charge in [-0.2, -0.15) is 15.1 Å². The number of H-pyrrole nitrogens is 1. The second kappa shape index (κ2) is 9.20. The van der Waals surface area contributed by atoms with Gasteiger partial charge < -0.3 is 14.5 Å². The van der Waals surface area contributed by atoms with Crippen molar-refractivity contribution in [1.82, 2.24) is 30.0 Å². The first-order valence-electron chi connectivity index (χ1n) is 13.2. The van der Waals surface area contributed by atoms with Crippen LogP contribution in [0, 0.1) is 13.8 Å². The molecule has 1 aromatic carbocycles. The first-order valence-corrected chi connectivity index (χ1v) is 13.2. The van der Waals surface area contributed by atoms with Gasteiger partial charge in [-0.1, -0.05) is 0 Å². The number of aromatic nitrogens is 5. The highest BCUT2D eigenvalue weighted by molar-refractivity contribution is 5.99. The van der Waals surface area contributed by atoms with Crippen LogP contribution in [-0.4, -0.2) is 75.0 Å². The molecule has 2 aliphatic heterocycles. The van der Waals surface area contributed by atoms with Crippen LogP contribution in [0.3, 0.4) is 0 Å². The van der Waals surface area contributed by atoms with E-state index in [0.29, 0.717) is 30.9 Å². The van der Waals surface area contributed by atoms with Crippen molar-refractivity contribution in [1.29, 1.82) is 0 Å². The fourth-order valence-electron chi connectivity index (χ4n) is 5.83. The number of anilines is 1. The number of nitrogens with zero attached hydrogens (tertiary/aromatic N) is 6. The highest BCUT2D eigenvalue weighted by Crippen LogP contribution is 2.36. The van der Waals surface area contributed by atoms with E-state index in [9.17, 15) is 0 Å². The van der Waals surface area contributed by atoms with Gasteiger partial charge in [-0.15, -0.1) is 0 Å². The van der Waals surface area contributed by atoms with E-state index >= 15 is 4.39 Å². The monoisotopic (exact) mass is 503 g/mol. The molecule has 37 heavy (non-hydrogen) atoms. The van der Waals surface area contributed by atoms with Crippen LogP contribution in [0.25, 0.3) is 33.1 Å². The van der Waals surface area contributed by atoms with Gasteiger partial charge in [0.2, 0.25) is 0 Å². The smallest absolute Gasteiger partial charge is 0.319 e. The highest BCUT2D eigenvalue weighted by atomic mass is 19.1. The van der Waals surface area contributed by atoms with Gasteiger partial charge in [0.1, 0.15) is 18.1 Å². The Kier molecular flexibility index (Phi) is 5.98. The normalized spacial score (nSPS) is 22.8. The predicted octanol–water partition coefficient (Wildman–Crippen LogP) is 4.99. The highest BCUT2D eigenvalue weighted by Gasteiger charge is 2.32. The molecule has 2 fully saturated rings. The summed E-state index contributed by atoms with van der Waals surface area (Å²) in [5.74, 6) is 0.692. The van der Waals surface area contributed by atoms with Crippen LogP contribution in [0.5, 0.6) is 6.01 Å². The molecular formula is C28H34FN7O. The van der Waals surface area contributed by atoms with Crippen molar-refractivity contribution in [3.8, 4) is 17.3 Å². The lowest BCUT2D eigenvalue weighted by Gasteiger charge is -2.36. The first kappa shape index (κ1) is 24.0. The SMILES string of the molecule is Cc1cc2[nH]ncc2c(-c2cc3nc(OCC4CCCN4C)nc(N4CCCC(C)(F)C4)c3cn2)c1C. The molecule has 6 rings (SSSR count). The van der Waals surface area contributed by atoms with E-state index in [4.69, 9.17) is 19.7 Å². The standard InChI is InChI=1S/C28H34FN7O/c1-17-11-23-20(14-31-34-23)25(18(17)2)24-12-22-21(13-30-24)26(36-10-6-8-28(3,29)16-36)33-27(32-22)37-15-19-7-5-9-35(19)4/h11-14,19H,5-10,15-16H2,1-4H3,(H,31,34). The van der Waals surface area contributed by atoms with Crippen molar-refractivity contribution in [3.05, 3.63) is 35.7 Å². The van der Waals surface area contributed by atoms with Gasteiger partial charge in [-0.3, -0.25) is 10.1 Å². The Morgan fingerprint density at radius 1 is 1.14 bits per heavy atom. The average Bonchev–Trinajstić information content (AvgIpc) is 3.50. The van der Waals surface area contributed by atoms with E-state index in [1.165, 1.54) is 6.42 Å². The summed E-state index contributed by atoms with van der Waals surface area (Å²) in [6.07, 6.45) is 7.27. The van der Waals surface area contributed by atoms with E-state index in [-0.39, 0.29) is 6.54 Å². The van der Waals surface area contributed by atoms with Crippen LogP contribution in [0.2, 0.25) is 0 Å². The number of benzene rings is 1. The lowest BCUT2D eigenvalue weighted by atomic mass is 9.96. The molecule has 8 nitrogen and oxygen atoms in total. The number of likely N-dealkylation sites (tertiary alicyclic amines) is 1. The molecule has 0 saturated carbocycles. The summed E-state index contributed by atoms with van der Waals surface area (Å²) in [4.78, 5) is 18.8. The summed E-state index contributed by atoms with van der Waals surface area (Å²) in [6, 6.07) is 4.80. The number of alkyl halides is 1. The molecule has 2 aliphatic rings. The maximum atomic E-state index is 15.0. The number of aromatic amines is 1. The van der Waals surface area contributed by atoms with Crippen LogP contribution < -0.4 is 9.64 Å². The number of nitrogens with one attached hydrogen (secondary N) is 1. The van der Waals surface area contributed by atoms with Gasteiger partial charge in [-0.05, 0) is 83.3 Å². The predicted molar refractivity (Wildman–Crippen MR) is 144 cm³/mol. The first-order chi connectivity index (χ1) is 17.8. The molecule has 2 unspecified atom stereocenters. The Labute approximate surface area is 216 Å². The molecule has 0 amide bonds. The average molecular weight is 504 g/mol. The number of likely N-dealkylation sites (N-methyl/N-ethyl adjacent to an activating group) is 1.